The molecule has 0 atom stereocenters. The van der Waals surface area contributed by atoms with E-state index in [1.54, 1.807) is 6.08 Å². The van der Waals surface area contributed by atoms with Gasteiger partial charge in [-0.05, 0) is 49.5 Å². The van der Waals surface area contributed by atoms with Crippen LogP contribution in [0.1, 0.15) is 37.3 Å². The van der Waals surface area contributed by atoms with Gasteiger partial charge in [0.15, 0.2) is 0 Å². The Morgan fingerprint density at radius 1 is 1.13 bits per heavy atom. The molecular formula is C24H28N4O2. The Labute approximate surface area is 176 Å². The molecule has 0 radical (unpaired) electrons. The average molecular weight is 405 g/mol. The molecule has 2 N–H and O–H groups in total. The minimum atomic E-state index is -0.164. The van der Waals surface area contributed by atoms with Crippen LogP contribution in [0.4, 0.5) is 5.69 Å². The van der Waals surface area contributed by atoms with Crippen molar-refractivity contribution in [3.05, 3.63) is 65.9 Å². The molecule has 2 aliphatic rings. The molecular weight excluding hydrogens is 376 g/mol. The molecule has 1 aromatic carbocycles. The van der Waals surface area contributed by atoms with Crippen molar-refractivity contribution in [3.63, 3.8) is 0 Å². The molecule has 6 heteroatoms. The highest BCUT2D eigenvalue weighted by atomic mass is 16.4. The van der Waals surface area contributed by atoms with Crippen LogP contribution in [0.3, 0.4) is 0 Å². The summed E-state index contributed by atoms with van der Waals surface area (Å²) < 4.78 is 2.08. The summed E-state index contributed by atoms with van der Waals surface area (Å²) in [6, 6.07) is 4.65. The number of hydrogen-bond acceptors (Lipinski definition) is 5. The third kappa shape index (κ3) is 4.24. The number of oxime groups is 1. The van der Waals surface area contributed by atoms with Gasteiger partial charge in [-0.2, -0.15) is 5.10 Å². The van der Waals surface area contributed by atoms with E-state index in [2.05, 4.69) is 39.1 Å². The highest BCUT2D eigenvalue weighted by Gasteiger charge is 2.22. The van der Waals surface area contributed by atoms with Crippen LogP contribution in [0.25, 0.3) is 17.0 Å². The molecule has 4 rings (SSSR count). The molecule has 0 spiro atoms. The van der Waals surface area contributed by atoms with Crippen LogP contribution in [-0.2, 0) is 0 Å². The smallest absolute Gasteiger partial charge is 0.109 e. The van der Waals surface area contributed by atoms with E-state index < -0.39 is 0 Å². The maximum atomic E-state index is 9.78. The van der Waals surface area contributed by atoms with Crippen molar-refractivity contribution < 1.29 is 10.3 Å². The van der Waals surface area contributed by atoms with Crippen LogP contribution in [0.15, 0.2) is 65.5 Å². The monoisotopic (exact) mass is 404 g/mol. The Kier molecular flexibility index (Phi) is 5.86. The first kappa shape index (κ1) is 20.2. The summed E-state index contributed by atoms with van der Waals surface area (Å²) >= 11 is 0. The van der Waals surface area contributed by atoms with E-state index in [-0.39, 0.29) is 6.10 Å². The molecule has 1 saturated carbocycles. The number of anilines is 1. The van der Waals surface area contributed by atoms with Gasteiger partial charge in [-0.25, -0.2) is 0 Å². The van der Waals surface area contributed by atoms with Gasteiger partial charge in [0.1, 0.15) is 5.71 Å². The van der Waals surface area contributed by atoms with Gasteiger partial charge in [-0.15, -0.1) is 0 Å². The number of aliphatic hydroxyl groups excluding tert-OH is 1. The van der Waals surface area contributed by atoms with Crippen molar-refractivity contribution in [2.75, 3.05) is 19.0 Å². The number of aliphatic hydroxyl groups is 1. The van der Waals surface area contributed by atoms with Crippen LogP contribution in [0.2, 0.25) is 0 Å². The summed E-state index contributed by atoms with van der Waals surface area (Å²) in [5.41, 5.74) is 4.58. The molecule has 0 saturated heterocycles. The Bertz CT molecular complexity index is 1060. The Hall–Kier alpha value is -3.12. The van der Waals surface area contributed by atoms with Gasteiger partial charge in [-0.3, -0.25) is 4.68 Å². The third-order valence-corrected chi connectivity index (χ3v) is 5.79. The maximum Gasteiger partial charge on any atom is 0.109 e. The number of aromatic nitrogens is 2. The van der Waals surface area contributed by atoms with Crippen LogP contribution in [0, 0.1) is 0 Å². The van der Waals surface area contributed by atoms with Gasteiger partial charge in [-0.1, -0.05) is 41.6 Å². The van der Waals surface area contributed by atoms with Crippen molar-refractivity contribution in [1.82, 2.24) is 9.78 Å². The summed E-state index contributed by atoms with van der Waals surface area (Å²) in [6.07, 6.45) is 19.0. The molecule has 6 nitrogen and oxygen atoms in total. The molecule has 0 aliphatic heterocycles. The summed E-state index contributed by atoms with van der Waals surface area (Å²) in [5.74, 6) is 0. The van der Waals surface area contributed by atoms with E-state index in [1.807, 2.05) is 44.5 Å². The first-order chi connectivity index (χ1) is 14.5. The lowest BCUT2D eigenvalue weighted by Crippen LogP contribution is -2.21. The molecule has 2 aliphatic carbocycles. The van der Waals surface area contributed by atoms with Crippen LogP contribution < -0.4 is 4.90 Å². The van der Waals surface area contributed by atoms with Gasteiger partial charge in [0.2, 0.25) is 0 Å². The topological polar surface area (TPSA) is 73.9 Å². The molecule has 1 heterocycles. The first-order valence-corrected chi connectivity index (χ1v) is 10.4. The van der Waals surface area contributed by atoms with Crippen molar-refractivity contribution >= 4 is 28.4 Å². The second-order valence-corrected chi connectivity index (χ2v) is 8.12. The van der Waals surface area contributed by atoms with Crippen LogP contribution in [-0.4, -0.2) is 46.0 Å². The SMILES string of the molecule is CN(C)c1cc2nn(C3CCC(O)CC3)cc2cc1/C=C/C=C1/C=CC=C/C1=N\O. The number of fused-ring (bicyclic) bond motifs is 1. The predicted octanol–water partition coefficient (Wildman–Crippen LogP) is 4.47. The number of allylic oxidation sites excluding steroid dienone is 7. The van der Waals surface area contributed by atoms with Gasteiger partial charge in [0.25, 0.3) is 0 Å². The van der Waals surface area contributed by atoms with Crippen molar-refractivity contribution in [3.8, 4) is 0 Å². The zero-order chi connectivity index (χ0) is 21.1. The lowest BCUT2D eigenvalue weighted by molar-refractivity contribution is 0.108. The average Bonchev–Trinajstić information content (AvgIpc) is 3.17. The second kappa shape index (κ2) is 8.71. The lowest BCUT2D eigenvalue weighted by Gasteiger charge is -2.25. The van der Waals surface area contributed by atoms with Crippen molar-refractivity contribution in [1.29, 1.82) is 0 Å². The number of rotatable bonds is 4. The zero-order valence-corrected chi connectivity index (χ0v) is 17.4. The van der Waals surface area contributed by atoms with E-state index in [1.165, 1.54) is 0 Å². The lowest BCUT2D eigenvalue weighted by atomic mass is 9.93. The Balaban J connectivity index is 1.64. The van der Waals surface area contributed by atoms with Crippen molar-refractivity contribution in [2.24, 2.45) is 5.16 Å². The Morgan fingerprint density at radius 3 is 2.63 bits per heavy atom. The van der Waals surface area contributed by atoms with E-state index in [0.717, 1.165) is 53.4 Å². The van der Waals surface area contributed by atoms with Crippen molar-refractivity contribution in [2.45, 2.75) is 37.8 Å². The van der Waals surface area contributed by atoms with Crippen LogP contribution >= 0.6 is 0 Å². The van der Waals surface area contributed by atoms with Gasteiger partial charge in [0, 0.05) is 36.9 Å². The minimum Gasteiger partial charge on any atom is -0.410 e. The molecule has 2 aromatic rings. The largest absolute Gasteiger partial charge is 0.410 e. The Morgan fingerprint density at radius 2 is 1.90 bits per heavy atom. The third-order valence-electron chi connectivity index (χ3n) is 5.79. The van der Waals surface area contributed by atoms with Crippen LogP contribution in [0.5, 0.6) is 0 Å². The molecule has 0 unspecified atom stereocenters. The molecule has 156 valence electrons. The molecule has 1 aromatic heterocycles. The normalized spacial score (nSPS) is 24.5. The highest BCUT2D eigenvalue weighted by molar-refractivity contribution is 6.11. The van der Waals surface area contributed by atoms with E-state index in [0.29, 0.717) is 11.8 Å². The quantitative estimate of drug-likeness (QED) is 0.582. The highest BCUT2D eigenvalue weighted by Crippen LogP contribution is 2.31. The van der Waals surface area contributed by atoms with Gasteiger partial charge < -0.3 is 15.2 Å². The zero-order valence-electron chi connectivity index (χ0n) is 17.4. The van der Waals surface area contributed by atoms with Gasteiger partial charge in [0.05, 0.1) is 17.7 Å². The minimum absolute atomic E-state index is 0.164. The van der Waals surface area contributed by atoms with Gasteiger partial charge >= 0.3 is 0 Å². The van der Waals surface area contributed by atoms with E-state index in [4.69, 9.17) is 10.3 Å². The summed E-state index contributed by atoms with van der Waals surface area (Å²) in [4.78, 5) is 2.09. The van der Waals surface area contributed by atoms with E-state index >= 15 is 0 Å². The number of hydrogen-bond donors (Lipinski definition) is 2. The molecule has 1 fully saturated rings. The molecule has 0 bridgehead atoms. The van der Waals surface area contributed by atoms with E-state index in [9.17, 15) is 5.11 Å². The first-order valence-electron chi connectivity index (χ1n) is 10.4. The fraction of sp³-hybridized carbons (Fsp3) is 0.333. The number of benzene rings is 1. The summed E-state index contributed by atoms with van der Waals surface area (Å²) in [6.45, 7) is 0. The molecule has 30 heavy (non-hydrogen) atoms. The fourth-order valence-electron chi connectivity index (χ4n) is 4.10. The predicted molar refractivity (Wildman–Crippen MR) is 122 cm³/mol. The summed E-state index contributed by atoms with van der Waals surface area (Å²) in [5, 5.41) is 28.2. The maximum absolute atomic E-state index is 9.78. The summed E-state index contributed by atoms with van der Waals surface area (Å²) in [7, 11) is 4.06. The number of nitrogens with zero attached hydrogens (tertiary/aromatic N) is 4. The standard InChI is InChI=1S/C24H28N4O2/c1-27(2)24-15-23-19(16-28(25-23)20-10-12-21(29)13-11-20)14-18(24)8-5-7-17-6-3-4-9-22(17)26-30/h3-9,14-16,20-21,29-30H,10-13H2,1-2H3/b8-5+,17-7-,26-22+. The fourth-order valence-corrected chi connectivity index (χ4v) is 4.10. The second-order valence-electron chi connectivity index (χ2n) is 8.12. The molecule has 0 amide bonds.